The number of hydrogen-bond acceptors (Lipinski definition) is 2. The predicted octanol–water partition coefficient (Wildman–Crippen LogP) is 15.5. The zero-order valence-electron chi connectivity index (χ0n) is 32.0. The van der Waals surface area contributed by atoms with Crippen LogP contribution in [0.5, 0.6) is 0 Å². The third kappa shape index (κ3) is 5.59. The molecule has 0 atom stereocenters. The maximum absolute atomic E-state index is 6.92. The minimum Gasteiger partial charge on any atom is -0.455 e. The SMILES string of the molecule is Cc1cc(-c2ccccc2)ccc1N(c1ccc(-c2ccccc2)cc1)c1ccc(-c2cccc(-n3c4ccccc4c4ccccc43)c2)c2oc3ccccc3c12. The molecule has 0 amide bonds. The third-order valence-electron chi connectivity index (χ3n) is 11.5. The summed E-state index contributed by atoms with van der Waals surface area (Å²) in [6.45, 7) is 2.21. The Morgan fingerprint density at radius 1 is 0.414 bits per heavy atom. The molecule has 11 rings (SSSR count). The van der Waals surface area contributed by atoms with Crippen LogP contribution in [0.4, 0.5) is 17.1 Å². The van der Waals surface area contributed by atoms with Crippen molar-refractivity contribution in [2.24, 2.45) is 0 Å². The zero-order valence-corrected chi connectivity index (χ0v) is 32.0. The molecule has 58 heavy (non-hydrogen) atoms. The summed E-state index contributed by atoms with van der Waals surface area (Å²) in [5.74, 6) is 0. The highest BCUT2D eigenvalue weighted by Crippen LogP contribution is 2.47. The summed E-state index contributed by atoms with van der Waals surface area (Å²) in [4.78, 5) is 2.40. The van der Waals surface area contributed by atoms with Gasteiger partial charge in [-0.15, -0.1) is 0 Å². The molecule has 3 nitrogen and oxygen atoms in total. The summed E-state index contributed by atoms with van der Waals surface area (Å²) in [5.41, 5.74) is 16.5. The van der Waals surface area contributed by atoms with Crippen molar-refractivity contribution >= 4 is 60.8 Å². The van der Waals surface area contributed by atoms with Crippen molar-refractivity contribution in [2.45, 2.75) is 6.92 Å². The summed E-state index contributed by atoms with van der Waals surface area (Å²) < 4.78 is 9.30. The summed E-state index contributed by atoms with van der Waals surface area (Å²) in [7, 11) is 0. The van der Waals surface area contributed by atoms with Crippen LogP contribution in [0.3, 0.4) is 0 Å². The van der Waals surface area contributed by atoms with Gasteiger partial charge < -0.3 is 13.9 Å². The van der Waals surface area contributed by atoms with Gasteiger partial charge in [0.2, 0.25) is 0 Å². The van der Waals surface area contributed by atoms with Gasteiger partial charge in [0.05, 0.1) is 22.1 Å². The van der Waals surface area contributed by atoms with Crippen molar-refractivity contribution in [3.05, 3.63) is 218 Å². The van der Waals surface area contributed by atoms with Crippen LogP contribution >= 0.6 is 0 Å². The van der Waals surface area contributed by atoms with E-state index in [9.17, 15) is 0 Å². The van der Waals surface area contributed by atoms with Crippen LogP contribution in [-0.4, -0.2) is 4.57 Å². The van der Waals surface area contributed by atoms with E-state index in [0.717, 1.165) is 55.8 Å². The van der Waals surface area contributed by atoms with E-state index in [1.54, 1.807) is 0 Å². The van der Waals surface area contributed by atoms with Gasteiger partial charge in [-0.25, -0.2) is 0 Å². The monoisotopic (exact) mass is 742 g/mol. The minimum atomic E-state index is 0.861. The summed E-state index contributed by atoms with van der Waals surface area (Å²) >= 11 is 0. The van der Waals surface area contributed by atoms with Crippen molar-refractivity contribution in [1.29, 1.82) is 0 Å². The number of hydrogen-bond donors (Lipinski definition) is 0. The average Bonchev–Trinajstić information content (AvgIpc) is 3.85. The number of benzene rings is 9. The van der Waals surface area contributed by atoms with E-state index in [0.29, 0.717) is 0 Å². The number of fused-ring (bicyclic) bond motifs is 6. The first-order valence-corrected chi connectivity index (χ1v) is 19.8. The Bertz CT molecular complexity index is 3230. The van der Waals surface area contributed by atoms with Crippen LogP contribution in [0.2, 0.25) is 0 Å². The molecule has 0 saturated carbocycles. The smallest absolute Gasteiger partial charge is 0.145 e. The van der Waals surface area contributed by atoms with Crippen LogP contribution in [0.25, 0.3) is 82.8 Å². The Morgan fingerprint density at radius 3 is 1.66 bits per heavy atom. The molecule has 0 spiro atoms. The quantitative estimate of drug-likeness (QED) is 0.162. The lowest BCUT2D eigenvalue weighted by molar-refractivity contribution is 0.670. The van der Waals surface area contributed by atoms with Crippen LogP contribution in [-0.2, 0) is 0 Å². The Hall–Kier alpha value is -7.62. The van der Waals surface area contributed by atoms with Gasteiger partial charge in [-0.2, -0.15) is 0 Å². The van der Waals surface area contributed by atoms with Crippen LogP contribution in [0.15, 0.2) is 217 Å². The van der Waals surface area contributed by atoms with Crippen molar-refractivity contribution in [3.63, 3.8) is 0 Å². The molecule has 0 fully saturated rings. The van der Waals surface area contributed by atoms with E-state index in [-0.39, 0.29) is 0 Å². The summed E-state index contributed by atoms with van der Waals surface area (Å²) in [6, 6.07) is 76.1. The maximum Gasteiger partial charge on any atom is 0.145 e. The Balaban J connectivity index is 1.12. The standard InChI is InChI=1S/C55H38N2O/c1-37-35-41(39-17-6-3-7-18-39)29-33-49(37)56(43-30-27-40(28-31-43)38-15-4-2-5-16-38)52-34-32-45(55-54(52)48-23-10-13-26-53(48)58-55)42-19-14-20-44(36-42)57-50-24-11-8-21-46(50)47-22-9-12-25-51(47)57/h2-36H,1H3. The molecule has 3 heteroatoms. The molecule has 0 aliphatic heterocycles. The van der Waals surface area contributed by atoms with Crippen LogP contribution in [0, 0.1) is 6.92 Å². The zero-order chi connectivity index (χ0) is 38.6. The second-order valence-electron chi connectivity index (χ2n) is 15.0. The van der Waals surface area contributed by atoms with E-state index in [2.05, 4.69) is 229 Å². The largest absolute Gasteiger partial charge is 0.455 e. The van der Waals surface area contributed by atoms with Gasteiger partial charge >= 0.3 is 0 Å². The molecule has 0 radical (unpaired) electrons. The number of nitrogens with zero attached hydrogens (tertiary/aromatic N) is 2. The maximum atomic E-state index is 6.92. The number of aryl methyl sites for hydroxylation is 1. The first-order valence-electron chi connectivity index (χ1n) is 19.8. The molecule has 0 unspecified atom stereocenters. The highest BCUT2D eigenvalue weighted by molar-refractivity contribution is 6.17. The van der Waals surface area contributed by atoms with E-state index in [1.165, 1.54) is 49.6 Å². The molecule has 2 aromatic heterocycles. The highest BCUT2D eigenvalue weighted by atomic mass is 16.3. The van der Waals surface area contributed by atoms with Gasteiger partial charge in [0.15, 0.2) is 0 Å². The lowest BCUT2D eigenvalue weighted by Gasteiger charge is -2.28. The lowest BCUT2D eigenvalue weighted by Crippen LogP contribution is -2.12. The number of aromatic nitrogens is 1. The Labute approximate surface area is 337 Å². The molecule has 0 bridgehead atoms. The van der Waals surface area contributed by atoms with E-state index in [4.69, 9.17) is 4.42 Å². The lowest BCUT2D eigenvalue weighted by atomic mass is 9.98. The van der Waals surface area contributed by atoms with E-state index < -0.39 is 0 Å². The number of para-hydroxylation sites is 3. The fourth-order valence-electron chi connectivity index (χ4n) is 8.80. The van der Waals surface area contributed by atoms with Gasteiger partial charge in [-0.1, -0.05) is 146 Å². The van der Waals surface area contributed by atoms with Crippen LogP contribution < -0.4 is 4.90 Å². The first kappa shape index (κ1) is 33.7. The summed E-state index contributed by atoms with van der Waals surface area (Å²) in [6.07, 6.45) is 0. The van der Waals surface area contributed by atoms with Gasteiger partial charge in [-0.05, 0) is 107 Å². The minimum absolute atomic E-state index is 0.861. The topological polar surface area (TPSA) is 21.3 Å². The molecular weight excluding hydrogens is 705 g/mol. The number of rotatable bonds is 7. The van der Waals surface area contributed by atoms with Crippen LogP contribution in [0.1, 0.15) is 5.56 Å². The second-order valence-corrected chi connectivity index (χ2v) is 15.0. The molecule has 2 heterocycles. The van der Waals surface area contributed by atoms with Gasteiger partial charge in [0, 0.05) is 38.8 Å². The second kappa shape index (κ2) is 13.8. The number of furan rings is 1. The molecule has 9 aromatic carbocycles. The molecule has 0 aliphatic rings. The fourth-order valence-corrected chi connectivity index (χ4v) is 8.80. The van der Waals surface area contributed by atoms with Gasteiger partial charge in [0.25, 0.3) is 0 Å². The van der Waals surface area contributed by atoms with Gasteiger partial charge in [0.1, 0.15) is 11.2 Å². The number of anilines is 3. The third-order valence-corrected chi connectivity index (χ3v) is 11.5. The van der Waals surface area contributed by atoms with Crippen molar-refractivity contribution < 1.29 is 4.42 Å². The average molecular weight is 743 g/mol. The molecule has 0 saturated heterocycles. The van der Waals surface area contributed by atoms with Crippen molar-refractivity contribution in [3.8, 4) is 39.1 Å². The molecular formula is C55H38N2O. The summed E-state index contributed by atoms with van der Waals surface area (Å²) in [5, 5.41) is 4.65. The van der Waals surface area contributed by atoms with Crippen molar-refractivity contribution in [2.75, 3.05) is 4.90 Å². The fraction of sp³-hybridized carbons (Fsp3) is 0.0182. The Morgan fingerprint density at radius 2 is 0.966 bits per heavy atom. The molecule has 274 valence electrons. The van der Waals surface area contributed by atoms with Gasteiger partial charge in [-0.3, -0.25) is 0 Å². The predicted molar refractivity (Wildman–Crippen MR) is 244 cm³/mol. The molecule has 11 aromatic rings. The van der Waals surface area contributed by atoms with E-state index >= 15 is 0 Å². The Kier molecular flexibility index (Phi) is 8.04. The van der Waals surface area contributed by atoms with Crippen molar-refractivity contribution in [1.82, 2.24) is 4.57 Å². The first-order chi connectivity index (χ1) is 28.7. The van der Waals surface area contributed by atoms with E-state index in [1.807, 2.05) is 0 Å². The molecule has 0 N–H and O–H groups in total. The highest BCUT2D eigenvalue weighted by Gasteiger charge is 2.24. The normalized spacial score (nSPS) is 11.5. The molecule has 0 aliphatic carbocycles.